The Morgan fingerprint density at radius 2 is 2.05 bits per heavy atom. The number of rotatable bonds is 4. The number of phenolic OH excluding ortho intramolecular Hbond substituents is 1. The average molecular weight is 279 g/mol. The molecule has 0 aromatic heterocycles. The molecule has 1 aliphatic rings. The van der Waals surface area contributed by atoms with Gasteiger partial charge in [-0.05, 0) is 31.0 Å². The monoisotopic (exact) mass is 279 g/mol. The third kappa shape index (κ3) is 3.42. The largest absolute Gasteiger partial charge is 0.508 e. The molecule has 0 spiro atoms. The molecule has 1 amide bonds. The number of phenols is 1. The lowest BCUT2D eigenvalue weighted by atomic mass is 10.1. The van der Waals surface area contributed by atoms with E-state index >= 15 is 0 Å². The van der Waals surface area contributed by atoms with Gasteiger partial charge in [0.15, 0.2) is 0 Å². The zero-order valence-electron chi connectivity index (χ0n) is 12.0. The van der Waals surface area contributed by atoms with E-state index < -0.39 is 0 Å². The number of nitrogens with zero attached hydrogens (tertiary/aromatic N) is 1. The van der Waals surface area contributed by atoms with Crippen molar-refractivity contribution in [2.45, 2.75) is 25.4 Å². The summed E-state index contributed by atoms with van der Waals surface area (Å²) < 4.78 is 10.5. The second-order valence-electron chi connectivity index (χ2n) is 4.99. The van der Waals surface area contributed by atoms with Gasteiger partial charge in [-0.25, -0.2) is 0 Å². The van der Waals surface area contributed by atoms with E-state index in [4.69, 9.17) is 9.47 Å². The zero-order chi connectivity index (χ0) is 14.5. The fourth-order valence-corrected chi connectivity index (χ4v) is 2.52. The Morgan fingerprint density at radius 3 is 2.65 bits per heavy atom. The number of ether oxygens (including phenoxy) is 2. The number of carbonyl (C=O) groups is 1. The first-order valence-electron chi connectivity index (χ1n) is 6.80. The minimum atomic E-state index is 0.0588. The van der Waals surface area contributed by atoms with Gasteiger partial charge in [0, 0.05) is 25.8 Å². The Morgan fingerprint density at radius 1 is 1.35 bits per heavy atom. The van der Waals surface area contributed by atoms with Crippen LogP contribution in [0, 0.1) is 0 Å². The molecular weight excluding hydrogens is 258 g/mol. The highest BCUT2D eigenvalue weighted by Crippen LogP contribution is 2.24. The molecule has 1 saturated heterocycles. The third-order valence-electron chi connectivity index (χ3n) is 3.73. The van der Waals surface area contributed by atoms with Gasteiger partial charge in [-0.3, -0.25) is 4.79 Å². The molecule has 0 bridgehead atoms. The minimum Gasteiger partial charge on any atom is -0.508 e. The summed E-state index contributed by atoms with van der Waals surface area (Å²) in [7, 11) is 3.27. The van der Waals surface area contributed by atoms with Gasteiger partial charge in [-0.15, -0.1) is 0 Å². The number of likely N-dealkylation sites (tertiary alicyclic amines) is 1. The van der Waals surface area contributed by atoms with E-state index in [9.17, 15) is 9.90 Å². The van der Waals surface area contributed by atoms with Gasteiger partial charge in [0.05, 0.1) is 19.6 Å². The number of methoxy groups -OCH3 is 2. The van der Waals surface area contributed by atoms with Crippen LogP contribution in [-0.2, 0) is 16.0 Å². The molecular formula is C15H21NO4. The van der Waals surface area contributed by atoms with E-state index in [1.807, 2.05) is 4.90 Å². The first-order valence-corrected chi connectivity index (χ1v) is 6.80. The molecule has 20 heavy (non-hydrogen) atoms. The summed E-state index contributed by atoms with van der Waals surface area (Å²) in [6.45, 7) is 1.44. The lowest BCUT2D eigenvalue weighted by Gasteiger charge is -2.31. The van der Waals surface area contributed by atoms with Gasteiger partial charge in [-0.1, -0.05) is 0 Å². The van der Waals surface area contributed by atoms with Gasteiger partial charge >= 0.3 is 0 Å². The molecule has 5 nitrogen and oxygen atoms in total. The lowest BCUT2D eigenvalue weighted by molar-refractivity contribution is -0.132. The molecule has 0 radical (unpaired) electrons. The van der Waals surface area contributed by atoms with Crippen molar-refractivity contribution in [3.8, 4) is 11.5 Å². The Hall–Kier alpha value is -1.75. The number of piperidine rings is 1. The van der Waals surface area contributed by atoms with E-state index in [1.54, 1.807) is 32.4 Å². The molecule has 0 saturated carbocycles. The van der Waals surface area contributed by atoms with E-state index in [0.29, 0.717) is 11.3 Å². The molecule has 5 heteroatoms. The van der Waals surface area contributed by atoms with Crippen LogP contribution in [-0.4, -0.2) is 49.3 Å². The van der Waals surface area contributed by atoms with Crippen LogP contribution in [0.2, 0.25) is 0 Å². The highest BCUT2D eigenvalue weighted by atomic mass is 16.5. The predicted octanol–water partition coefficient (Wildman–Crippen LogP) is 1.58. The van der Waals surface area contributed by atoms with Crippen molar-refractivity contribution in [3.05, 3.63) is 23.8 Å². The molecule has 1 N–H and O–H groups in total. The predicted molar refractivity (Wildman–Crippen MR) is 75.0 cm³/mol. The van der Waals surface area contributed by atoms with Crippen molar-refractivity contribution in [1.82, 2.24) is 4.90 Å². The van der Waals surface area contributed by atoms with Crippen LogP contribution in [0.5, 0.6) is 11.5 Å². The molecule has 1 aromatic carbocycles. The standard InChI is InChI=1S/C15H21NO4/c1-19-13-5-7-16(8-6-13)15(18)10-11-9-12(17)3-4-14(11)20-2/h3-4,9,13,17H,5-8,10H2,1-2H3. The smallest absolute Gasteiger partial charge is 0.227 e. The SMILES string of the molecule is COc1ccc(O)cc1CC(=O)N1CCC(OC)CC1. The summed E-state index contributed by atoms with van der Waals surface area (Å²) in [5, 5.41) is 9.53. The van der Waals surface area contributed by atoms with E-state index in [0.717, 1.165) is 25.9 Å². The number of amides is 1. The van der Waals surface area contributed by atoms with Crippen molar-refractivity contribution >= 4 is 5.91 Å². The molecule has 1 fully saturated rings. The fourth-order valence-electron chi connectivity index (χ4n) is 2.52. The Balaban J connectivity index is 1.99. The highest BCUT2D eigenvalue weighted by molar-refractivity contribution is 5.79. The van der Waals surface area contributed by atoms with Gasteiger partial charge in [0.2, 0.25) is 5.91 Å². The van der Waals surface area contributed by atoms with Crippen LogP contribution < -0.4 is 4.74 Å². The first-order chi connectivity index (χ1) is 9.63. The van der Waals surface area contributed by atoms with Crippen LogP contribution in [0.3, 0.4) is 0 Å². The number of hydrogen-bond donors (Lipinski definition) is 1. The maximum atomic E-state index is 12.3. The van der Waals surface area contributed by atoms with Gasteiger partial charge in [-0.2, -0.15) is 0 Å². The Bertz CT molecular complexity index is 467. The molecule has 110 valence electrons. The van der Waals surface area contributed by atoms with E-state index in [1.165, 1.54) is 0 Å². The minimum absolute atomic E-state index is 0.0588. The molecule has 0 aliphatic carbocycles. The maximum Gasteiger partial charge on any atom is 0.227 e. The van der Waals surface area contributed by atoms with Crippen LogP contribution in [0.4, 0.5) is 0 Å². The summed E-state index contributed by atoms with van der Waals surface area (Å²) in [5.74, 6) is 0.832. The maximum absolute atomic E-state index is 12.3. The molecule has 2 rings (SSSR count). The first kappa shape index (κ1) is 14.7. The molecule has 1 heterocycles. The van der Waals surface area contributed by atoms with E-state index in [2.05, 4.69) is 0 Å². The van der Waals surface area contributed by atoms with Crippen LogP contribution in [0.25, 0.3) is 0 Å². The number of aromatic hydroxyl groups is 1. The van der Waals surface area contributed by atoms with Crippen LogP contribution >= 0.6 is 0 Å². The quantitative estimate of drug-likeness (QED) is 0.909. The normalized spacial score (nSPS) is 16.2. The van der Waals surface area contributed by atoms with Crippen LogP contribution in [0.15, 0.2) is 18.2 Å². The average Bonchev–Trinajstić information content (AvgIpc) is 2.47. The van der Waals surface area contributed by atoms with Crippen molar-refractivity contribution in [2.24, 2.45) is 0 Å². The summed E-state index contributed by atoms with van der Waals surface area (Å²) in [6.07, 6.45) is 2.25. The number of hydrogen-bond acceptors (Lipinski definition) is 4. The summed E-state index contributed by atoms with van der Waals surface area (Å²) in [4.78, 5) is 14.1. The molecule has 1 aliphatic heterocycles. The molecule has 0 atom stereocenters. The Kier molecular flexibility index (Phi) is 4.84. The number of carbonyl (C=O) groups excluding carboxylic acids is 1. The summed E-state index contributed by atoms with van der Waals surface area (Å²) >= 11 is 0. The lowest BCUT2D eigenvalue weighted by Crippen LogP contribution is -2.41. The summed E-state index contributed by atoms with van der Waals surface area (Å²) in [6, 6.07) is 4.81. The molecule has 1 aromatic rings. The Labute approximate surface area is 119 Å². The van der Waals surface area contributed by atoms with E-state index in [-0.39, 0.29) is 24.2 Å². The summed E-state index contributed by atoms with van der Waals surface area (Å²) in [5.41, 5.74) is 0.714. The fraction of sp³-hybridized carbons (Fsp3) is 0.533. The van der Waals surface area contributed by atoms with Crippen molar-refractivity contribution in [1.29, 1.82) is 0 Å². The van der Waals surface area contributed by atoms with Gasteiger partial charge in [0.1, 0.15) is 11.5 Å². The topological polar surface area (TPSA) is 59.0 Å². The van der Waals surface area contributed by atoms with Gasteiger partial charge < -0.3 is 19.5 Å². The second kappa shape index (κ2) is 6.61. The van der Waals surface area contributed by atoms with Crippen molar-refractivity contribution < 1.29 is 19.4 Å². The highest BCUT2D eigenvalue weighted by Gasteiger charge is 2.23. The molecule has 0 unspecified atom stereocenters. The zero-order valence-corrected chi connectivity index (χ0v) is 12.0. The van der Waals surface area contributed by atoms with Gasteiger partial charge in [0.25, 0.3) is 0 Å². The van der Waals surface area contributed by atoms with Crippen LogP contribution in [0.1, 0.15) is 18.4 Å². The number of benzene rings is 1. The third-order valence-corrected chi connectivity index (χ3v) is 3.73. The second-order valence-corrected chi connectivity index (χ2v) is 4.99. The van der Waals surface area contributed by atoms with Crippen molar-refractivity contribution in [2.75, 3.05) is 27.3 Å². The van der Waals surface area contributed by atoms with Crippen molar-refractivity contribution in [3.63, 3.8) is 0 Å².